The van der Waals surface area contributed by atoms with Crippen molar-refractivity contribution in [3.8, 4) is 0 Å². The third-order valence-corrected chi connectivity index (χ3v) is 4.60. The number of likely N-dealkylation sites (N-methyl/N-ethyl adjacent to an activating group) is 1. The Bertz CT molecular complexity index is 335. The summed E-state index contributed by atoms with van der Waals surface area (Å²) < 4.78 is 5.36. The second kappa shape index (κ2) is 6.87. The molecular formula is C15H29N3O2. The van der Waals surface area contributed by atoms with Gasteiger partial charge in [-0.3, -0.25) is 4.79 Å². The van der Waals surface area contributed by atoms with Gasteiger partial charge in [0.15, 0.2) is 0 Å². The van der Waals surface area contributed by atoms with Crippen molar-refractivity contribution in [2.75, 3.05) is 46.9 Å². The number of hydrogen-bond acceptors (Lipinski definition) is 5. The highest BCUT2D eigenvalue weighted by molar-refractivity contribution is 5.81. The zero-order valence-corrected chi connectivity index (χ0v) is 13.2. The molecule has 0 radical (unpaired) electrons. The van der Waals surface area contributed by atoms with Crippen LogP contribution in [0.25, 0.3) is 0 Å². The highest BCUT2D eigenvalue weighted by atomic mass is 16.5. The van der Waals surface area contributed by atoms with Gasteiger partial charge in [0.05, 0.1) is 6.61 Å². The predicted octanol–water partition coefficient (Wildman–Crippen LogP) is 0.698. The second-order valence-corrected chi connectivity index (χ2v) is 6.32. The molecule has 5 heteroatoms. The van der Waals surface area contributed by atoms with Crippen LogP contribution in [0.3, 0.4) is 0 Å². The first-order valence-electron chi connectivity index (χ1n) is 7.88. The van der Waals surface area contributed by atoms with Gasteiger partial charge < -0.3 is 19.9 Å². The van der Waals surface area contributed by atoms with Crippen molar-refractivity contribution in [3.05, 3.63) is 0 Å². The number of rotatable bonds is 6. The average molecular weight is 283 g/mol. The van der Waals surface area contributed by atoms with E-state index in [2.05, 4.69) is 29.2 Å². The Morgan fingerprint density at radius 3 is 2.95 bits per heavy atom. The highest BCUT2D eigenvalue weighted by Gasteiger charge is 2.47. The summed E-state index contributed by atoms with van der Waals surface area (Å²) in [6, 6.07) is 0.556. The molecule has 116 valence electrons. The monoisotopic (exact) mass is 283 g/mol. The quantitative estimate of drug-likeness (QED) is 0.727. The first-order valence-corrected chi connectivity index (χ1v) is 7.88. The summed E-state index contributed by atoms with van der Waals surface area (Å²) in [5.41, 5.74) is -0.461. The zero-order valence-electron chi connectivity index (χ0n) is 13.2. The Morgan fingerprint density at radius 2 is 2.25 bits per heavy atom. The molecular weight excluding hydrogens is 254 g/mol. The van der Waals surface area contributed by atoms with Gasteiger partial charge in [0, 0.05) is 25.7 Å². The van der Waals surface area contributed by atoms with Crippen LogP contribution in [0.4, 0.5) is 0 Å². The molecule has 0 bridgehead atoms. The molecule has 2 aliphatic heterocycles. The summed E-state index contributed by atoms with van der Waals surface area (Å²) in [4.78, 5) is 17.1. The van der Waals surface area contributed by atoms with Gasteiger partial charge in [0.1, 0.15) is 5.54 Å². The molecule has 0 amide bonds. The van der Waals surface area contributed by atoms with E-state index >= 15 is 0 Å². The van der Waals surface area contributed by atoms with Crippen LogP contribution in [0, 0.1) is 0 Å². The smallest absolute Gasteiger partial charge is 0.326 e. The molecule has 0 spiro atoms. The average Bonchev–Trinajstić information content (AvgIpc) is 2.85. The molecule has 2 atom stereocenters. The SMILES string of the molecule is CCOC(=O)C1(NCCN(C)C)CCN2CCCC2C1. The lowest BCUT2D eigenvalue weighted by atomic mass is 9.83. The minimum absolute atomic E-state index is 0.0506. The Hall–Kier alpha value is -0.650. The summed E-state index contributed by atoms with van der Waals surface area (Å²) >= 11 is 0. The third kappa shape index (κ3) is 3.51. The van der Waals surface area contributed by atoms with Crippen LogP contribution in [0.5, 0.6) is 0 Å². The van der Waals surface area contributed by atoms with Gasteiger partial charge >= 0.3 is 5.97 Å². The van der Waals surface area contributed by atoms with Crippen LogP contribution in [0.1, 0.15) is 32.6 Å². The molecule has 20 heavy (non-hydrogen) atoms. The molecule has 5 nitrogen and oxygen atoms in total. The largest absolute Gasteiger partial charge is 0.465 e. The number of nitrogens with zero attached hydrogens (tertiary/aromatic N) is 2. The number of esters is 1. The van der Waals surface area contributed by atoms with Gasteiger partial charge in [0.25, 0.3) is 0 Å². The van der Waals surface area contributed by atoms with Crippen LogP contribution in [-0.4, -0.2) is 74.2 Å². The number of hydrogen-bond donors (Lipinski definition) is 1. The van der Waals surface area contributed by atoms with E-state index in [0.29, 0.717) is 12.6 Å². The van der Waals surface area contributed by atoms with Crippen LogP contribution < -0.4 is 5.32 Å². The Balaban J connectivity index is 2.01. The van der Waals surface area contributed by atoms with Crippen LogP contribution >= 0.6 is 0 Å². The number of fused-ring (bicyclic) bond motifs is 1. The van der Waals surface area contributed by atoms with Crippen LogP contribution in [0.15, 0.2) is 0 Å². The van der Waals surface area contributed by atoms with E-state index in [1.165, 1.54) is 19.4 Å². The third-order valence-electron chi connectivity index (χ3n) is 4.60. The summed E-state index contributed by atoms with van der Waals surface area (Å²) in [5, 5.41) is 3.52. The fourth-order valence-electron chi connectivity index (χ4n) is 3.47. The van der Waals surface area contributed by atoms with E-state index in [1.54, 1.807) is 0 Å². The maximum absolute atomic E-state index is 12.5. The lowest BCUT2D eigenvalue weighted by Crippen LogP contribution is -2.61. The number of carbonyl (C=O) groups is 1. The van der Waals surface area contributed by atoms with Crippen molar-refractivity contribution in [2.24, 2.45) is 0 Å². The van der Waals surface area contributed by atoms with E-state index in [0.717, 1.165) is 32.5 Å². The molecule has 2 unspecified atom stereocenters. The van der Waals surface area contributed by atoms with Crippen LogP contribution in [-0.2, 0) is 9.53 Å². The minimum atomic E-state index is -0.461. The minimum Gasteiger partial charge on any atom is -0.465 e. The molecule has 1 N–H and O–H groups in total. The second-order valence-electron chi connectivity index (χ2n) is 6.32. The number of nitrogens with one attached hydrogen (secondary N) is 1. The first-order chi connectivity index (χ1) is 9.57. The lowest BCUT2D eigenvalue weighted by Gasteiger charge is -2.43. The normalized spacial score (nSPS) is 30.5. The summed E-state index contributed by atoms with van der Waals surface area (Å²) in [7, 11) is 4.11. The molecule has 2 fully saturated rings. The molecule has 0 aromatic rings. The molecule has 2 rings (SSSR count). The summed E-state index contributed by atoms with van der Waals surface area (Å²) in [5.74, 6) is -0.0506. The van der Waals surface area contributed by atoms with E-state index < -0.39 is 5.54 Å². The Labute approximate surface area is 122 Å². The molecule has 0 aliphatic carbocycles. The van der Waals surface area contributed by atoms with E-state index in [4.69, 9.17) is 4.74 Å². The molecule has 0 saturated carbocycles. The standard InChI is InChI=1S/C15H29N3O2/c1-4-20-14(19)15(16-8-11-17(2)3)7-10-18-9-5-6-13(18)12-15/h13,16H,4-12H2,1-3H3. The Kier molecular flexibility index (Phi) is 5.41. The van der Waals surface area contributed by atoms with Gasteiger partial charge in [-0.15, -0.1) is 0 Å². The van der Waals surface area contributed by atoms with Gasteiger partial charge in [-0.1, -0.05) is 0 Å². The maximum atomic E-state index is 12.5. The molecule has 0 aromatic carbocycles. The molecule has 0 aromatic heterocycles. The van der Waals surface area contributed by atoms with Crippen molar-refractivity contribution in [1.82, 2.24) is 15.1 Å². The first kappa shape index (κ1) is 15.7. The van der Waals surface area contributed by atoms with Crippen molar-refractivity contribution in [1.29, 1.82) is 0 Å². The highest BCUT2D eigenvalue weighted by Crippen LogP contribution is 2.33. The van der Waals surface area contributed by atoms with Gasteiger partial charge in [0.2, 0.25) is 0 Å². The topological polar surface area (TPSA) is 44.8 Å². The number of carbonyl (C=O) groups excluding carboxylic acids is 1. The molecule has 2 heterocycles. The molecule has 2 aliphatic rings. The zero-order chi connectivity index (χ0) is 14.6. The van der Waals surface area contributed by atoms with Gasteiger partial charge in [-0.2, -0.15) is 0 Å². The number of ether oxygens (including phenoxy) is 1. The summed E-state index contributed by atoms with van der Waals surface area (Å²) in [6.45, 7) is 6.33. The fourth-order valence-corrected chi connectivity index (χ4v) is 3.47. The van der Waals surface area contributed by atoms with Crippen molar-refractivity contribution in [3.63, 3.8) is 0 Å². The van der Waals surface area contributed by atoms with E-state index in [-0.39, 0.29) is 5.97 Å². The van der Waals surface area contributed by atoms with Crippen molar-refractivity contribution >= 4 is 5.97 Å². The predicted molar refractivity (Wildman–Crippen MR) is 79.7 cm³/mol. The van der Waals surface area contributed by atoms with E-state index in [9.17, 15) is 4.79 Å². The molecule has 2 saturated heterocycles. The summed E-state index contributed by atoms with van der Waals surface area (Å²) in [6.07, 6.45) is 4.26. The van der Waals surface area contributed by atoms with Crippen molar-refractivity contribution in [2.45, 2.75) is 44.2 Å². The Morgan fingerprint density at radius 1 is 1.45 bits per heavy atom. The van der Waals surface area contributed by atoms with Gasteiger partial charge in [-0.25, -0.2) is 0 Å². The van der Waals surface area contributed by atoms with E-state index in [1.807, 2.05) is 6.92 Å². The van der Waals surface area contributed by atoms with Gasteiger partial charge in [-0.05, 0) is 53.2 Å². The number of piperidine rings is 1. The maximum Gasteiger partial charge on any atom is 0.326 e. The van der Waals surface area contributed by atoms with Crippen LogP contribution in [0.2, 0.25) is 0 Å². The lowest BCUT2D eigenvalue weighted by molar-refractivity contribution is -0.154. The van der Waals surface area contributed by atoms with Crippen molar-refractivity contribution < 1.29 is 9.53 Å². The fraction of sp³-hybridized carbons (Fsp3) is 0.933.